The summed E-state index contributed by atoms with van der Waals surface area (Å²) < 4.78 is 13.2. The summed E-state index contributed by atoms with van der Waals surface area (Å²) in [6.07, 6.45) is 1.22. The quantitative estimate of drug-likeness (QED) is 0.873. The first-order chi connectivity index (χ1) is 13.0. The number of halogens is 1. The molecule has 0 saturated carbocycles. The maximum atomic E-state index is 13.2. The molecule has 6 heteroatoms. The Balaban J connectivity index is 1.47. The lowest BCUT2D eigenvalue weighted by Gasteiger charge is -2.20. The fourth-order valence-electron chi connectivity index (χ4n) is 3.30. The molecule has 1 atom stereocenters. The molecule has 1 saturated heterocycles. The molecule has 3 rings (SSSR count). The molecule has 1 heterocycles. The summed E-state index contributed by atoms with van der Waals surface area (Å²) in [6, 6.07) is 15.4. The monoisotopic (exact) mass is 369 g/mol. The molecule has 1 aliphatic heterocycles. The van der Waals surface area contributed by atoms with Gasteiger partial charge >= 0.3 is 6.03 Å². The number of hydrogen-bond donors (Lipinski definition) is 1. The molecular formula is C21H24FN3O2. The third-order valence-corrected chi connectivity index (χ3v) is 4.80. The highest BCUT2D eigenvalue weighted by molar-refractivity contribution is 5.89. The largest absolute Gasteiger partial charge is 0.341 e. The fraction of sp³-hybridized carbons (Fsp3) is 0.333. The van der Waals surface area contributed by atoms with Gasteiger partial charge in [-0.15, -0.1) is 0 Å². The van der Waals surface area contributed by atoms with E-state index in [9.17, 15) is 14.0 Å². The van der Waals surface area contributed by atoms with Crippen molar-refractivity contribution in [3.8, 4) is 0 Å². The zero-order chi connectivity index (χ0) is 19.2. The van der Waals surface area contributed by atoms with Crippen molar-refractivity contribution in [3.63, 3.8) is 0 Å². The van der Waals surface area contributed by atoms with Crippen LogP contribution in [0.1, 0.15) is 18.4 Å². The number of hydrogen-bond acceptors (Lipinski definition) is 2. The molecule has 0 radical (unpaired) electrons. The Morgan fingerprint density at radius 1 is 1.19 bits per heavy atom. The van der Waals surface area contributed by atoms with E-state index in [1.807, 2.05) is 30.3 Å². The van der Waals surface area contributed by atoms with Crippen LogP contribution in [0.4, 0.5) is 14.9 Å². The molecule has 0 aliphatic carbocycles. The molecule has 2 aromatic rings. The van der Waals surface area contributed by atoms with E-state index in [1.165, 1.54) is 12.1 Å². The Hall–Kier alpha value is -2.89. The summed E-state index contributed by atoms with van der Waals surface area (Å²) in [6.45, 7) is 1.71. The van der Waals surface area contributed by atoms with Gasteiger partial charge in [-0.1, -0.05) is 36.4 Å². The van der Waals surface area contributed by atoms with Gasteiger partial charge in [-0.2, -0.15) is 0 Å². The molecule has 0 bridgehead atoms. The smallest absolute Gasteiger partial charge is 0.321 e. The van der Waals surface area contributed by atoms with E-state index in [2.05, 4.69) is 5.32 Å². The first-order valence-corrected chi connectivity index (χ1v) is 9.10. The van der Waals surface area contributed by atoms with E-state index in [4.69, 9.17) is 0 Å². The second kappa shape index (κ2) is 8.66. The lowest BCUT2D eigenvalue weighted by molar-refractivity contribution is -0.131. The Kier molecular flexibility index (Phi) is 6.06. The number of anilines is 1. The number of benzene rings is 2. The van der Waals surface area contributed by atoms with Crippen molar-refractivity contribution in [2.24, 2.45) is 5.92 Å². The average Bonchev–Trinajstić information content (AvgIpc) is 3.11. The van der Waals surface area contributed by atoms with Gasteiger partial charge in [-0.25, -0.2) is 9.18 Å². The van der Waals surface area contributed by atoms with E-state index in [0.717, 1.165) is 12.0 Å². The number of carbonyl (C=O) groups is 2. The molecule has 5 nitrogen and oxygen atoms in total. The molecule has 3 amide bonds. The van der Waals surface area contributed by atoms with Crippen LogP contribution in [0.15, 0.2) is 54.6 Å². The number of amides is 3. The van der Waals surface area contributed by atoms with Crippen molar-refractivity contribution in [2.45, 2.75) is 19.4 Å². The van der Waals surface area contributed by atoms with Gasteiger partial charge in [0.15, 0.2) is 0 Å². The average molecular weight is 369 g/mol. The second-order valence-corrected chi connectivity index (χ2v) is 6.98. The fourth-order valence-corrected chi connectivity index (χ4v) is 3.30. The predicted molar refractivity (Wildman–Crippen MR) is 103 cm³/mol. The number of carbonyl (C=O) groups excluding carboxylic acids is 2. The van der Waals surface area contributed by atoms with Crippen LogP contribution in [0.25, 0.3) is 0 Å². The second-order valence-electron chi connectivity index (χ2n) is 6.98. The number of likely N-dealkylation sites (tertiary alicyclic amines) is 1. The van der Waals surface area contributed by atoms with Crippen LogP contribution in [0.2, 0.25) is 0 Å². The van der Waals surface area contributed by atoms with Crippen LogP contribution in [0.3, 0.4) is 0 Å². The first kappa shape index (κ1) is 18.9. The minimum atomic E-state index is -0.390. The summed E-state index contributed by atoms with van der Waals surface area (Å²) >= 11 is 0. The topological polar surface area (TPSA) is 52.7 Å². The zero-order valence-corrected chi connectivity index (χ0v) is 15.4. The molecule has 0 spiro atoms. The molecule has 1 fully saturated rings. The Morgan fingerprint density at radius 3 is 2.70 bits per heavy atom. The van der Waals surface area contributed by atoms with Gasteiger partial charge in [0, 0.05) is 38.8 Å². The van der Waals surface area contributed by atoms with Crippen molar-refractivity contribution < 1.29 is 14.0 Å². The highest BCUT2D eigenvalue weighted by Gasteiger charge is 2.28. The van der Waals surface area contributed by atoms with Crippen LogP contribution < -0.4 is 5.32 Å². The molecule has 0 aromatic heterocycles. The van der Waals surface area contributed by atoms with Crippen molar-refractivity contribution in [3.05, 3.63) is 66.0 Å². The standard InChI is InChI=1S/C21H24FN3O2/c1-24(14-16-6-3-2-4-7-16)20(26)12-17-10-11-25(15-17)21(27)23-19-9-5-8-18(22)13-19/h2-9,13,17H,10-12,14-15H2,1H3,(H,23,27). The van der Waals surface area contributed by atoms with Gasteiger partial charge in [-0.05, 0) is 36.1 Å². The van der Waals surface area contributed by atoms with Crippen LogP contribution in [-0.4, -0.2) is 41.9 Å². The van der Waals surface area contributed by atoms with E-state index >= 15 is 0 Å². The SMILES string of the molecule is CN(Cc1ccccc1)C(=O)CC1CCN(C(=O)Nc2cccc(F)c2)C1. The van der Waals surface area contributed by atoms with Gasteiger partial charge in [0.25, 0.3) is 0 Å². The summed E-state index contributed by atoms with van der Waals surface area (Å²) in [7, 11) is 1.80. The van der Waals surface area contributed by atoms with Gasteiger partial charge in [0.1, 0.15) is 5.82 Å². The maximum Gasteiger partial charge on any atom is 0.321 e. The van der Waals surface area contributed by atoms with Crippen molar-refractivity contribution in [1.82, 2.24) is 9.80 Å². The zero-order valence-electron chi connectivity index (χ0n) is 15.4. The van der Waals surface area contributed by atoms with Gasteiger partial charge in [0.05, 0.1) is 0 Å². The molecule has 2 aromatic carbocycles. The van der Waals surface area contributed by atoms with Crippen LogP contribution >= 0.6 is 0 Å². The van der Waals surface area contributed by atoms with Crippen molar-refractivity contribution >= 4 is 17.6 Å². The number of rotatable bonds is 5. The molecular weight excluding hydrogens is 345 g/mol. The molecule has 142 valence electrons. The number of nitrogens with one attached hydrogen (secondary N) is 1. The molecule has 1 N–H and O–H groups in total. The molecule has 27 heavy (non-hydrogen) atoms. The summed E-state index contributed by atoms with van der Waals surface area (Å²) in [5.74, 6) is -0.163. The third kappa shape index (κ3) is 5.29. The highest BCUT2D eigenvalue weighted by atomic mass is 19.1. The maximum absolute atomic E-state index is 13.2. The normalized spacial score (nSPS) is 16.2. The van der Waals surface area contributed by atoms with Gasteiger partial charge < -0.3 is 15.1 Å². The lowest BCUT2D eigenvalue weighted by atomic mass is 10.0. The van der Waals surface area contributed by atoms with Crippen LogP contribution in [0, 0.1) is 11.7 Å². The molecule has 1 aliphatic rings. The Bertz CT molecular complexity index is 797. The minimum absolute atomic E-state index is 0.0799. The lowest BCUT2D eigenvalue weighted by Crippen LogP contribution is -2.34. The Labute approximate surface area is 158 Å². The van der Waals surface area contributed by atoms with Crippen molar-refractivity contribution in [2.75, 3.05) is 25.5 Å². The van der Waals surface area contributed by atoms with E-state index in [1.54, 1.807) is 29.0 Å². The van der Waals surface area contributed by atoms with Crippen LogP contribution in [0.5, 0.6) is 0 Å². The van der Waals surface area contributed by atoms with Crippen molar-refractivity contribution in [1.29, 1.82) is 0 Å². The Morgan fingerprint density at radius 2 is 1.96 bits per heavy atom. The van der Waals surface area contributed by atoms with Gasteiger partial charge in [-0.3, -0.25) is 4.79 Å². The number of urea groups is 1. The van der Waals surface area contributed by atoms with E-state index in [-0.39, 0.29) is 23.7 Å². The molecule has 1 unspecified atom stereocenters. The summed E-state index contributed by atoms with van der Waals surface area (Å²) in [5.41, 5.74) is 1.53. The van der Waals surface area contributed by atoms with E-state index in [0.29, 0.717) is 31.7 Å². The number of nitrogens with zero attached hydrogens (tertiary/aromatic N) is 2. The van der Waals surface area contributed by atoms with E-state index < -0.39 is 0 Å². The van der Waals surface area contributed by atoms with Crippen LogP contribution in [-0.2, 0) is 11.3 Å². The first-order valence-electron chi connectivity index (χ1n) is 9.10. The van der Waals surface area contributed by atoms with Gasteiger partial charge in [0.2, 0.25) is 5.91 Å². The third-order valence-electron chi connectivity index (χ3n) is 4.80. The summed E-state index contributed by atoms with van der Waals surface area (Å²) in [4.78, 5) is 28.2. The minimum Gasteiger partial charge on any atom is -0.341 e. The highest BCUT2D eigenvalue weighted by Crippen LogP contribution is 2.22. The predicted octanol–water partition coefficient (Wildman–Crippen LogP) is 3.73. The summed E-state index contributed by atoms with van der Waals surface area (Å²) in [5, 5.41) is 2.71.